The Balaban J connectivity index is 1.87. The van der Waals surface area contributed by atoms with E-state index in [0.717, 1.165) is 27.8 Å². The smallest absolute Gasteiger partial charge is 0.295 e. The van der Waals surface area contributed by atoms with Crippen LogP contribution in [0, 0.1) is 0 Å². The molecule has 4 rings (SSSR count). The number of carbonyl (C=O) groups excluding carboxylic acids is 2. The molecule has 1 amide bonds. The summed E-state index contributed by atoms with van der Waals surface area (Å²) < 4.78 is 11.5. The number of Topliss-reactive ketones (excluding diaryl/α,β-unsaturated/α-hetero) is 1. The van der Waals surface area contributed by atoms with Gasteiger partial charge in [-0.1, -0.05) is 32.0 Å². The van der Waals surface area contributed by atoms with Crippen molar-refractivity contribution in [3.05, 3.63) is 70.9 Å². The molecule has 2 N–H and O–H groups in total. The average Bonchev–Trinajstić information content (AvgIpc) is 3.38. The summed E-state index contributed by atoms with van der Waals surface area (Å²) in [6.07, 6.45) is 1.80. The first-order chi connectivity index (χ1) is 17.2. The topological polar surface area (TPSA) is 91.9 Å². The second kappa shape index (κ2) is 10.6. The number of aromatic amines is 1. The van der Waals surface area contributed by atoms with Gasteiger partial charge in [-0.2, -0.15) is 0 Å². The number of rotatable bonds is 9. The highest BCUT2D eigenvalue weighted by Crippen LogP contribution is 2.42. The molecule has 2 heterocycles. The molecule has 0 spiro atoms. The highest BCUT2D eigenvalue weighted by molar-refractivity contribution is 6.46. The zero-order chi connectivity index (χ0) is 26.0. The fraction of sp³-hybridized carbons (Fsp3) is 0.379. The Morgan fingerprint density at radius 1 is 1.11 bits per heavy atom. The number of H-pyrrole nitrogens is 1. The van der Waals surface area contributed by atoms with Crippen molar-refractivity contribution in [2.24, 2.45) is 0 Å². The Morgan fingerprint density at radius 2 is 1.86 bits per heavy atom. The van der Waals surface area contributed by atoms with Gasteiger partial charge in [-0.15, -0.1) is 0 Å². The zero-order valence-corrected chi connectivity index (χ0v) is 21.5. The minimum Gasteiger partial charge on any atom is -0.507 e. The summed E-state index contributed by atoms with van der Waals surface area (Å²) in [6, 6.07) is 12.3. The van der Waals surface area contributed by atoms with E-state index >= 15 is 0 Å². The van der Waals surface area contributed by atoms with Gasteiger partial charge in [0.1, 0.15) is 11.5 Å². The van der Waals surface area contributed by atoms with Crippen LogP contribution >= 0.6 is 0 Å². The van der Waals surface area contributed by atoms with Gasteiger partial charge in [0.15, 0.2) is 0 Å². The van der Waals surface area contributed by atoms with Crippen LogP contribution in [0.25, 0.3) is 16.7 Å². The van der Waals surface area contributed by atoms with Crippen LogP contribution in [0.5, 0.6) is 5.75 Å². The van der Waals surface area contributed by atoms with E-state index in [4.69, 9.17) is 9.47 Å². The molecule has 190 valence electrons. The maximum Gasteiger partial charge on any atom is 0.295 e. The van der Waals surface area contributed by atoms with E-state index in [9.17, 15) is 14.7 Å². The monoisotopic (exact) mass is 490 g/mol. The van der Waals surface area contributed by atoms with Crippen molar-refractivity contribution in [1.82, 2.24) is 9.88 Å². The SMILES string of the molecule is CCOc1ccc(/C(O)=C2\C(=O)C(=O)N(CCOC(C)C)C2c2c[nH]c3ccccc23)cc1C(C)C. The van der Waals surface area contributed by atoms with E-state index in [1.54, 1.807) is 12.1 Å². The molecule has 1 saturated heterocycles. The van der Waals surface area contributed by atoms with E-state index in [1.165, 1.54) is 4.90 Å². The van der Waals surface area contributed by atoms with Gasteiger partial charge < -0.3 is 24.5 Å². The molecule has 1 aromatic heterocycles. The largest absolute Gasteiger partial charge is 0.507 e. The number of aliphatic hydroxyl groups is 1. The van der Waals surface area contributed by atoms with Gasteiger partial charge in [-0.05, 0) is 56.5 Å². The van der Waals surface area contributed by atoms with Crippen LogP contribution in [0.1, 0.15) is 63.3 Å². The standard InChI is InChI=1S/C29H34N2O5/c1-6-35-24-12-11-19(15-21(24)17(2)3)27(32)25-26(22-16-30-23-10-8-7-9-20(22)23)31(29(34)28(25)33)13-14-36-18(4)5/h7-12,15-18,26,30,32H,6,13-14H2,1-5H3/b27-25+. The summed E-state index contributed by atoms with van der Waals surface area (Å²) in [5.41, 5.74) is 3.12. The van der Waals surface area contributed by atoms with Gasteiger partial charge in [0.2, 0.25) is 0 Å². The molecule has 0 radical (unpaired) electrons. The molecule has 1 atom stereocenters. The fourth-order valence-electron chi connectivity index (χ4n) is 4.73. The molecule has 7 heteroatoms. The second-order valence-corrected chi connectivity index (χ2v) is 9.54. The van der Waals surface area contributed by atoms with Crippen molar-refractivity contribution in [3.63, 3.8) is 0 Å². The van der Waals surface area contributed by atoms with E-state index in [1.807, 2.05) is 71.1 Å². The Bertz CT molecular complexity index is 1300. The van der Waals surface area contributed by atoms with E-state index in [2.05, 4.69) is 4.98 Å². The fourth-order valence-corrected chi connectivity index (χ4v) is 4.73. The van der Waals surface area contributed by atoms with Crippen LogP contribution in [-0.2, 0) is 14.3 Å². The van der Waals surface area contributed by atoms with Gasteiger partial charge in [0, 0.05) is 34.8 Å². The average molecular weight is 491 g/mol. The maximum absolute atomic E-state index is 13.4. The van der Waals surface area contributed by atoms with Gasteiger partial charge >= 0.3 is 0 Å². The maximum atomic E-state index is 13.4. The van der Waals surface area contributed by atoms with Crippen molar-refractivity contribution in [2.75, 3.05) is 19.8 Å². The molecule has 1 fully saturated rings. The number of amides is 1. The molecule has 0 saturated carbocycles. The number of para-hydroxylation sites is 1. The lowest BCUT2D eigenvalue weighted by Gasteiger charge is -2.25. The van der Waals surface area contributed by atoms with Gasteiger partial charge in [0.25, 0.3) is 11.7 Å². The first kappa shape index (κ1) is 25.5. The van der Waals surface area contributed by atoms with E-state index < -0.39 is 17.7 Å². The number of hydrogen-bond acceptors (Lipinski definition) is 5. The Morgan fingerprint density at radius 3 is 2.56 bits per heavy atom. The molecule has 36 heavy (non-hydrogen) atoms. The number of ether oxygens (including phenoxy) is 2. The van der Waals surface area contributed by atoms with Gasteiger partial charge in [0.05, 0.1) is 30.9 Å². The molecule has 1 aliphatic rings. The number of aromatic nitrogens is 1. The number of likely N-dealkylation sites (tertiary alicyclic amines) is 1. The molecule has 0 bridgehead atoms. The number of nitrogens with zero attached hydrogens (tertiary/aromatic N) is 1. The predicted octanol–water partition coefficient (Wildman–Crippen LogP) is 5.54. The van der Waals surface area contributed by atoms with Crippen LogP contribution in [-0.4, -0.2) is 52.5 Å². The van der Waals surface area contributed by atoms with Crippen molar-refractivity contribution in [1.29, 1.82) is 0 Å². The summed E-state index contributed by atoms with van der Waals surface area (Å²) in [6.45, 7) is 10.9. The number of nitrogens with one attached hydrogen (secondary N) is 1. The number of carbonyl (C=O) groups is 2. The minimum atomic E-state index is -0.744. The van der Waals surface area contributed by atoms with Crippen LogP contribution < -0.4 is 4.74 Å². The van der Waals surface area contributed by atoms with Crippen molar-refractivity contribution in [3.8, 4) is 5.75 Å². The molecule has 1 unspecified atom stereocenters. The number of aliphatic hydroxyl groups excluding tert-OH is 1. The number of fused-ring (bicyclic) bond motifs is 1. The van der Waals surface area contributed by atoms with Crippen molar-refractivity contribution in [2.45, 2.75) is 52.7 Å². The Kier molecular flexibility index (Phi) is 7.50. The Hall–Kier alpha value is -3.58. The summed E-state index contributed by atoms with van der Waals surface area (Å²) >= 11 is 0. The molecular formula is C29H34N2O5. The van der Waals surface area contributed by atoms with Crippen LogP contribution in [0.2, 0.25) is 0 Å². The van der Waals surface area contributed by atoms with Crippen LogP contribution in [0.15, 0.2) is 54.2 Å². The summed E-state index contributed by atoms with van der Waals surface area (Å²) in [7, 11) is 0. The molecular weight excluding hydrogens is 456 g/mol. The number of hydrogen-bond donors (Lipinski definition) is 2. The lowest BCUT2D eigenvalue weighted by molar-refractivity contribution is -0.140. The zero-order valence-electron chi connectivity index (χ0n) is 21.5. The quantitative estimate of drug-likeness (QED) is 0.234. The first-order valence-electron chi connectivity index (χ1n) is 12.5. The first-order valence-corrected chi connectivity index (χ1v) is 12.5. The molecule has 7 nitrogen and oxygen atoms in total. The molecule has 3 aromatic rings. The lowest BCUT2D eigenvalue weighted by Crippen LogP contribution is -2.33. The number of benzene rings is 2. The van der Waals surface area contributed by atoms with Gasteiger partial charge in [-0.3, -0.25) is 9.59 Å². The summed E-state index contributed by atoms with van der Waals surface area (Å²) in [5.74, 6) is -0.662. The second-order valence-electron chi connectivity index (χ2n) is 9.54. The highest BCUT2D eigenvalue weighted by atomic mass is 16.5. The minimum absolute atomic E-state index is 0.00771. The van der Waals surface area contributed by atoms with Crippen LogP contribution in [0.4, 0.5) is 0 Å². The summed E-state index contributed by atoms with van der Waals surface area (Å²) in [4.78, 5) is 31.3. The van der Waals surface area contributed by atoms with Crippen molar-refractivity contribution < 1.29 is 24.2 Å². The van der Waals surface area contributed by atoms with Gasteiger partial charge in [-0.25, -0.2) is 0 Å². The predicted molar refractivity (Wildman–Crippen MR) is 140 cm³/mol. The van der Waals surface area contributed by atoms with Crippen LogP contribution in [0.3, 0.4) is 0 Å². The number of ketones is 1. The highest BCUT2D eigenvalue weighted by Gasteiger charge is 2.46. The molecule has 2 aromatic carbocycles. The summed E-state index contributed by atoms with van der Waals surface area (Å²) in [5, 5.41) is 12.4. The third-order valence-electron chi connectivity index (χ3n) is 6.44. The van der Waals surface area contributed by atoms with E-state index in [-0.39, 0.29) is 36.5 Å². The van der Waals surface area contributed by atoms with Crippen molar-refractivity contribution >= 4 is 28.4 Å². The third-order valence-corrected chi connectivity index (χ3v) is 6.44. The van der Waals surface area contributed by atoms with E-state index in [0.29, 0.717) is 12.2 Å². The third kappa shape index (κ3) is 4.75. The molecule has 0 aliphatic carbocycles. The normalized spacial score (nSPS) is 17.6. The lowest BCUT2D eigenvalue weighted by atomic mass is 9.93. The molecule has 1 aliphatic heterocycles. The Labute approximate surface area is 211 Å².